The van der Waals surface area contributed by atoms with Gasteiger partial charge in [0, 0.05) is 53.5 Å². The van der Waals surface area contributed by atoms with Gasteiger partial charge in [-0.3, -0.25) is 13.9 Å². The average Bonchev–Trinajstić information content (AvgIpc) is 3.22. The molecule has 10 heteroatoms. The first-order valence-electron chi connectivity index (χ1n) is 14.7. The second kappa shape index (κ2) is 13.6. The smallest absolute Gasteiger partial charge is 0.265 e. The Morgan fingerprint density at radius 3 is 2.23 bits per heavy atom. The van der Waals surface area contributed by atoms with E-state index in [1.807, 2.05) is 62.4 Å². The number of sulfonamides is 1. The summed E-state index contributed by atoms with van der Waals surface area (Å²) in [5, 5.41) is 5.33. The molecule has 0 bridgehead atoms. The van der Waals surface area contributed by atoms with Gasteiger partial charge in [-0.1, -0.05) is 97.7 Å². The highest BCUT2D eigenvalue weighted by Crippen LogP contribution is 2.42. The van der Waals surface area contributed by atoms with Gasteiger partial charge in [-0.05, 0) is 47.6 Å². The zero-order chi connectivity index (χ0) is 31.4. The molecule has 1 unspecified atom stereocenters. The molecular weight excluding hydrogens is 617 g/mol. The largest absolute Gasteiger partial charge is 0.354 e. The van der Waals surface area contributed by atoms with Gasteiger partial charge in [0.15, 0.2) is 0 Å². The number of hydrogen-bond acceptors (Lipinski definition) is 4. The predicted octanol–water partition coefficient (Wildman–Crippen LogP) is 6.85. The van der Waals surface area contributed by atoms with Gasteiger partial charge in [0.1, 0.15) is 6.04 Å². The molecule has 0 saturated carbocycles. The Hall–Kier alpha value is -3.59. The van der Waals surface area contributed by atoms with E-state index in [0.717, 1.165) is 10.9 Å². The Bertz CT molecular complexity index is 1750. The second-order valence-corrected chi connectivity index (χ2v) is 14.0. The molecule has 2 amide bonds. The minimum Gasteiger partial charge on any atom is -0.354 e. The summed E-state index contributed by atoms with van der Waals surface area (Å²) < 4.78 is 28.3. The first-order valence-corrected chi connectivity index (χ1v) is 16.9. The molecular formula is C34H35Cl2N3O4S. The highest BCUT2D eigenvalue weighted by atomic mass is 35.5. The van der Waals surface area contributed by atoms with Crippen molar-refractivity contribution in [1.29, 1.82) is 0 Å². The molecule has 5 rings (SSSR count). The van der Waals surface area contributed by atoms with Crippen LogP contribution in [-0.4, -0.2) is 44.3 Å². The molecule has 1 aliphatic rings. The summed E-state index contributed by atoms with van der Waals surface area (Å²) in [6, 6.07) is 24.6. The standard InChI is InChI=1S/C34H35Cl2N3O4S/c1-23(2)21-37-34(41)30(20-24-10-4-3-5-11-24)38(22-26-27(35)14-8-15-28(26)36)32(40)18-9-19-39-29-16-6-12-25-13-7-17-31(33(25)29)44(39,42)43/h3-8,10-17,23,30H,9,18-22H2,1-2H3,(H,37,41). The van der Waals surface area contributed by atoms with E-state index in [1.54, 1.807) is 36.4 Å². The van der Waals surface area contributed by atoms with E-state index < -0.39 is 16.1 Å². The van der Waals surface area contributed by atoms with Crippen molar-refractivity contribution in [2.45, 2.75) is 50.6 Å². The molecule has 0 aliphatic carbocycles. The molecule has 0 spiro atoms. The van der Waals surface area contributed by atoms with Crippen molar-refractivity contribution >= 4 is 61.5 Å². The van der Waals surface area contributed by atoms with Gasteiger partial charge in [-0.15, -0.1) is 0 Å². The lowest BCUT2D eigenvalue weighted by Gasteiger charge is -2.32. The fraction of sp³-hybridized carbons (Fsp3) is 0.294. The topological polar surface area (TPSA) is 86.8 Å². The first-order chi connectivity index (χ1) is 21.1. The maximum absolute atomic E-state index is 14.1. The first kappa shape index (κ1) is 31.8. The third kappa shape index (κ3) is 6.72. The van der Waals surface area contributed by atoms with Gasteiger partial charge < -0.3 is 10.2 Å². The summed E-state index contributed by atoms with van der Waals surface area (Å²) in [4.78, 5) is 29.6. The van der Waals surface area contributed by atoms with Crippen molar-refractivity contribution in [3.63, 3.8) is 0 Å². The van der Waals surface area contributed by atoms with E-state index in [1.165, 1.54) is 9.21 Å². The van der Waals surface area contributed by atoms with E-state index in [9.17, 15) is 18.0 Å². The summed E-state index contributed by atoms with van der Waals surface area (Å²) in [5.74, 6) is -0.355. The molecule has 0 fully saturated rings. The lowest BCUT2D eigenvalue weighted by atomic mass is 10.0. The number of benzene rings is 4. The highest BCUT2D eigenvalue weighted by Gasteiger charge is 2.36. The molecule has 4 aromatic rings. The molecule has 230 valence electrons. The fourth-order valence-electron chi connectivity index (χ4n) is 5.55. The number of hydrogen-bond donors (Lipinski definition) is 1. The normalized spacial score (nSPS) is 14.2. The number of nitrogens with zero attached hydrogens (tertiary/aromatic N) is 2. The minimum atomic E-state index is -3.75. The number of amides is 2. The van der Waals surface area contributed by atoms with Gasteiger partial charge in [-0.25, -0.2) is 8.42 Å². The maximum atomic E-state index is 14.1. The van der Waals surface area contributed by atoms with Gasteiger partial charge >= 0.3 is 0 Å². The molecule has 1 atom stereocenters. The van der Waals surface area contributed by atoms with Crippen molar-refractivity contribution in [3.8, 4) is 0 Å². The summed E-state index contributed by atoms with van der Waals surface area (Å²) in [5.41, 5.74) is 2.05. The Morgan fingerprint density at radius 2 is 1.55 bits per heavy atom. The predicted molar refractivity (Wildman–Crippen MR) is 177 cm³/mol. The van der Waals surface area contributed by atoms with E-state index in [2.05, 4.69) is 5.32 Å². The van der Waals surface area contributed by atoms with Crippen LogP contribution in [0.15, 0.2) is 89.8 Å². The van der Waals surface area contributed by atoms with Crippen LogP contribution in [0.5, 0.6) is 0 Å². The zero-order valence-corrected chi connectivity index (χ0v) is 27.0. The molecule has 0 radical (unpaired) electrons. The Labute approximate surface area is 268 Å². The van der Waals surface area contributed by atoms with Gasteiger partial charge in [0.05, 0.1) is 10.6 Å². The van der Waals surface area contributed by atoms with Crippen LogP contribution in [0.1, 0.15) is 37.8 Å². The molecule has 1 heterocycles. The summed E-state index contributed by atoms with van der Waals surface area (Å²) in [6.07, 6.45) is 0.556. The monoisotopic (exact) mass is 651 g/mol. The van der Waals surface area contributed by atoms with Crippen LogP contribution in [0.3, 0.4) is 0 Å². The number of nitrogens with one attached hydrogen (secondary N) is 1. The molecule has 0 aromatic heterocycles. The maximum Gasteiger partial charge on any atom is 0.265 e. The van der Waals surface area contributed by atoms with E-state index in [4.69, 9.17) is 23.2 Å². The number of halogens is 2. The van der Waals surface area contributed by atoms with Gasteiger partial charge in [0.2, 0.25) is 11.8 Å². The van der Waals surface area contributed by atoms with E-state index in [-0.39, 0.29) is 55.0 Å². The number of carbonyl (C=O) groups excluding carboxylic acids is 2. The van der Waals surface area contributed by atoms with Crippen molar-refractivity contribution < 1.29 is 18.0 Å². The molecule has 44 heavy (non-hydrogen) atoms. The molecule has 0 saturated heterocycles. The molecule has 4 aromatic carbocycles. The molecule has 7 nitrogen and oxygen atoms in total. The van der Waals surface area contributed by atoms with E-state index >= 15 is 0 Å². The third-order valence-corrected chi connectivity index (χ3v) is 10.3. The SMILES string of the molecule is CC(C)CNC(=O)C(Cc1ccccc1)N(Cc1c(Cl)cccc1Cl)C(=O)CCCN1c2cccc3cccc(c23)S1(=O)=O. The highest BCUT2D eigenvalue weighted by molar-refractivity contribution is 7.93. The summed E-state index contributed by atoms with van der Waals surface area (Å²) >= 11 is 13.1. The van der Waals surface area contributed by atoms with Crippen LogP contribution >= 0.6 is 23.2 Å². The number of rotatable bonds is 12. The third-order valence-electron chi connectivity index (χ3n) is 7.78. The van der Waals surface area contributed by atoms with Crippen LogP contribution < -0.4 is 9.62 Å². The van der Waals surface area contributed by atoms with E-state index in [0.29, 0.717) is 33.2 Å². The average molecular weight is 653 g/mol. The minimum absolute atomic E-state index is 0.0170. The number of carbonyl (C=O) groups is 2. The fourth-order valence-corrected chi connectivity index (χ4v) is 7.81. The van der Waals surface area contributed by atoms with Crippen LogP contribution in [0, 0.1) is 5.92 Å². The Morgan fingerprint density at radius 1 is 0.886 bits per heavy atom. The summed E-state index contributed by atoms with van der Waals surface area (Å²) in [7, 11) is -3.75. The van der Waals surface area contributed by atoms with Crippen molar-refractivity contribution in [2.24, 2.45) is 5.92 Å². The van der Waals surface area contributed by atoms with Crippen molar-refractivity contribution in [3.05, 3.63) is 106 Å². The molecule has 1 aliphatic heterocycles. The lowest BCUT2D eigenvalue weighted by molar-refractivity contribution is -0.141. The lowest BCUT2D eigenvalue weighted by Crippen LogP contribution is -2.51. The summed E-state index contributed by atoms with van der Waals surface area (Å²) in [6.45, 7) is 4.61. The van der Waals surface area contributed by atoms with Crippen molar-refractivity contribution in [1.82, 2.24) is 10.2 Å². The Balaban J connectivity index is 1.42. The quantitative estimate of drug-likeness (QED) is 0.182. The van der Waals surface area contributed by atoms with Crippen LogP contribution in [0.4, 0.5) is 5.69 Å². The number of anilines is 1. The van der Waals surface area contributed by atoms with Gasteiger partial charge in [0.25, 0.3) is 10.0 Å². The van der Waals surface area contributed by atoms with Crippen LogP contribution in [-0.2, 0) is 32.6 Å². The second-order valence-electron chi connectivity index (χ2n) is 11.4. The zero-order valence-electron chi connectivity index (χ0n) is 24.7. The van der Waals surface area contributed by atoms with Crippen molar-refractivity contribution in [2.75, 3.05) is 17.4 Å². The van der Waals surface area contributed by atoms with Gasteiger partial charge in [-0.2, -0.15) is 0 Å². The Kier molecular flexibility index (Phi) is 9.83. The van der Waals surface area contributed by atoms with Crippen LogP contribution in [0.25, 0.3) is 10.8 Å². The van der Waals surface area contributed by atoms with Crippen LogP contribution in [0.2, 0.25) is 10.0 Å². The molecule has 1 N–H and O–H groups in total.